The van der Waals surface area contributed by atoms with Gasteiger partial charge in [0.1, 0.15) is 5.75 Å². The first-order valence-electron chi connectivity index (χ1n) is 7.75. The molecule has 1 N–H and O–H groups in total. The lowest BCUT2D eigenvalue weighted by Crippen LogP contribution is -2.32. The van der Waals surface area contributed by atoms with Gasteiger partial charge in [0.25, 0.3) is 5.78 Å². The second kappa shape index (κ2) is 6.34. The van der Waals surface area contributed by atoms with Gasteiger partial charge in [-0.1, -0.05) is 55.8 Å². The summed E-state index contributed by atoms with van der Waals surface area (Å²) in [6.07, 6.45) is 0.369. The van der Waals surface area contributed by atoms with Crippen molar-refractivity contribution in [3.05, 3.63) is 65.2 Å². The maximum Gasteiger partial charge on any atom is 0.383 e. The second-order valence-corrected chi connectivity index (χ2v) is 5.67. The number of hydrogen-bond acceptors (Lipinski definition) is 4. The van der Waals surface area contributed by atoms with Crippen molar-refractivity contribution in [1.82, 2.24) is 0 Å². The van der Waals surface area contributed by atoms with Crippen LogP contribution in [0, 0.1) is 0 Å². The van der Waals surface area contributed by atoms with Crippen LogP contribution in [0.15, 0.2) is 48.5 Å². The number of fused-ring (bicyclic) bond motifs is 1. The van der Waals surface area contributed by atoms with E-state index >= 15 is 0 Å². The number of rotatable bonds is 4. The average molecular weight is 310 g/mol. The molecule has 4 heteroatoms. The van der Waals surface area contributed by atoms with Crippen molar-refractivity contribution >= 4 is 11.8 Å². The van der Waals surface area contributed by atoms with Gasteiger partial charge in [0, 0.05) is 11.5 Å². The summed E-state index contributed by atoms with van der Waals surface area (Å²) in [5, 5.41) is 10.3. The van der Waals surface area contributed by atoms with Gasteiger partial charge in [-0.05, 0) is 23.6 Å². The van der Waals surface area contributed by atoms with Gasteiger partial charge in [0.15, 0.2) is 6.10 Å². The molecular formula is C19H18O4. The van der Waals surface area contributed by atoms with E-state index in [0.29, 0.717) is 5.56 Å². The normalized spacial score (nSPS) is 18.3. The van der Waals surface area contributed by atoms with Gasteiger partial charge in [-0.25, -0.2) is 4.79 Å². The standard InChI is InChI=1S/C19H18O4/c1-2-7-13(12-8-4-3-5-9-12)14-10-6-11-15-16(14)17(20)18(21)19(22)23-15/h3-6,8-11,13,17,20H,2,7H2,1H3. The van der Waals surface area contributed by atoms with Crippen LogP contribution in [0.5, 0.6) is 5.75 Å². The van der Waals surface area contributed by atoms with Crippen LogP contribution in [-0.2, 0) is 9.59 Å². The molecule has 4 nitrogen and oxygen atoms in total. The maximum absolute atomic E-state index is 11.8. The lowest BCUT2D eigenvalue weighted by atomic mass is 9.82. The number of esters is 1. The summed E-state index contributed by atoms with van der Waals surface area (Å²) >= 11 is 0. The fraction of sp³-hybridized carbons (Fsp3) is 0.263. The highest BCUT2D eigenvalue weighted by molar-refractivity contribution is 6.37. The van der Waals surface area contributed by atoms with Crippen LogP contribution in [-0.4, -0.2) is 16.9 Å². The van der Waals surface area contributed by atoms with Crippen LogP contribution in [0.25, 0.3) is 0 Å². The molecule has 1 aliphatic rings. The lowest BCUT2D eigenvalue weighted by Gasteiger charge is -2.26. The first-order valence-corrected chi connectivity index (χ1v) is 7.75. The van der Waals surface area contributed by atoms with Crippen LogP contribution in [0.1, 0.15) is 48.5 Å². The summed E-state index contributed by atoms with van der Waals surface area (Å²) in [5.74, 6) is -1.60. The molecule has 3 rings (SSSR count). The molecule has 23 heavy (non-hydrogen) atoms. The van der Waals surface area contributed by atoms with Crippen LogP contribution >= 0.6 is 0 Å². The summed E-state index contributed by atoms with van der Waals surface area (Å²) in [4.78, 5) is 23.3. The highest BCUT2D eigenvalue weighted by atomic mass is 16.5. The minimum atomic E-state index is -1.45. The maximum atomic E-state index is 11.8. The molecule has 0 saturated heterocycles. The van der Waals surface area contributed by atoms with E-state index in [1.807, 2.05) is 36.4 Å². The fourth-order valence-electron chi connectivity index (χ4n) is 3.12. The third-order valence-electron chi connectivity index (χ3n) is 4.18. The number of carbonyl (C=O) groups is 2. The molecule has 2 aromatic carbocycles. The van der Waals surface area contributed by atoms with Crippen LogP contribution in [0.4, 0.5) is 0 Å². The molecule has 118 valence electrons. The molecule has 2 aromatic rings. The number of hydrogen-bond donors (Lipinski definition) is 1. The van der Waals surface area contributed by atoms with Gasteiger partial charge >= 0.3 is 5.97 Å². The van der Waals surface area contributed by atoms with E-state index in [1.54, 1.807) is 12.1 Å². The third kappa shape index (κ3) is 2.78. The molecule has 0 bridgehead atoms. The zero-order valence-electron chi connectivity index (χ0n) is 12.9. The van der Waals surface area contributed by atoms with Crippen LogP contribution in [0.2, 0.25) is 0 Å². The molecule has 1 heterocycles. The molecular weight excluding hydrogens is 292 g/mol. The van der Waals surface area contributed by atoms with E-state index in [1.165, 1.54) is 0 Å². The van der Waals surface area contributed by atoms with Gasteiger partial charge in [-0.15, -0.1) is 0 Å². The van der Waals surface area contributed by atoms with Gasteiger partial charge in [-0.3, -0.25) is 4.79 Å². The number of benzene rings is 2. The zero-order valence-corrected chi connectivity index (χ0v) is 12.9. The molecule has 2 unspecified atom stereocenters. The number of Topliss-reactive ketones (excluding diaryl/α,β-unsaturated/α-hetero) is 1. The Labute approximate surface area is 134 Å². The first kappa shape index (κ1) is 15.4. The van der Waals surface area contributed by atoms with Crippen molar-refractivity contribution in [2.24, 2.45) is 0 Å². The molecule has 0 spiro atoms. The Morgan fingerprint density at radius 2 is 1.83 bits per heavy atom. The SMILES string of the molecule is CCCC(c1ccccc1)c1cccc2c1C(O)C(=O)C(=O)O2. The smallest absolute Gasteiger partial charge is 0.383 e. The van der Waals surface area contributed by atoms with Crippen molar-refractivity contribution in [2.45, 2.75) is 31.8 Å². The lowest BCUT2D eigenvalue weighted by molar-refractivity contribution is -0.153. The van der Waals surface area contributed by atoms with Crippen LogP contribution in [0.3, 0.4) is 0 Å². The molecule has 0 fully saturated rings. The first-order chi connectivity index (χ1) is 11.1. The Kier molecular flexibility index (Phi) is 4.26. The topological polar surface area (TPSA) is 63.6 Å². The van der Waals surface area contributed by atoms with Crippen molar-refractivity contribution < 1.29 is 19.4 Å². The van der Waals surface area contributed by atoms with Crippen molar-refractivity contribution in [1.29, 1.82) is 0 Å². The molecule has 2 atom stereocenters. The second-order valence-electron chi connectivity index (χ2n) is 5.67. The zero-order chi connectivity index (χ0) is 16.4. The van der Waals surface area contributed by atoms with Gasteiger partial charge in [0.05, 0.1) is 0 Å². The number of aliphatic hydroxyl groups is 1. The number of carbonyl (C=O) groups excluding carboxylic acids is 2. The van der Waals surface area contributed by atoms with Gasteiger partial charge in [-0.2, -0.15) is 0 Å². The molecule has 0 radical (unpaired) electrons. The predicted molar refractivity (Wildman–Crippen MR) is 85.2 cm³/mol. The quantitative estimate of drug-likeness (QED) is 0.535. The Hall–Kier alpha value is -2.46. The monoisotopic (exact) mass is 310 g/mol. The van der Waals surface area contributed by atoms with E-state index in [9.17, 15) is 14.7 Å². The Morgan fingerprint density at radius 3 is 2.52 bits per heavy atom. The fourth-order valence-corrected chi connectivity index (χ4v) is 3.12. The molecule has 0 saturated carbocycles. The highest BCUT2D eigenvalue weighted by Gasteiger charge is 2.37. The number of ketones is 1. The Morgan fingerprint density at radius 1 is 1.09 bits per heavy atom. The number of ether oxygens (including phenoxy) is 1. The largest absolute Gasteiger partial charge is 0.420 e. The summed E-state index contributed by atoms with van der Waals surface area (Å²) < 4.78 is 5.07. The van der Waals surface area contributed by atoms with E-state index in [0.717, 1.165) is 24.0 Å². The molecule has 0 aromatic heterocycles. The Bertz CT molecular complexity index is 736. The average Bonchev–Trinajstić information content (AvgIpc) is 2.58. The summed E-state index contributed by atoms with van der Waals surface area (Å²) in [7, 11) is 0. The summed E-state index contributed by atoms with van der Waals surface area (Å²) in [6.45, 7) is 2.09. The van der Waals surface area contributed by atoms with Crippen molar-refractivity contribution in [2.75, 3.05) is 0 Å². The van der Waals surface area contributed by atoms with Crippen molar-refractivity contribution in [3.8, 4) is 5.75 Å². The van der Waals surface area contributed by atoms with Crippen molar-refractivity contribution in [3.63, 3.8) is 0 Å². The predicted octanol–water partition coefficient (Wildman–Crippen LogP) is 3.14. The molecule has 0 amide bonds. The van der Waals surface area contributed by atoms with E-state index in [2.05, 4.69) is 6.92 Å². The van der Waals surface area contributed by atoms with Gasteiger partial charge in [0.2, 0.25) is 0 Å². The van der Waals surface area contributed by atoms with E-state index in [-0.39, 0.29) is 11.7 Å². The Balaban J connectivity index is 2.14. The summed E-state index contributed by atoms with van der Waals surface area (Å²) in [5.41, 5.74) is 2.36. The minimum absolute atomic E-state index is 0.0374. The van der Waals surface area contributed by atoms with E-state index in [4.69, 9.17) is 4.74 Å². The molecule has 1 aliphatic heterocycles. The number of aliphatic hydroxyl groups excluding tert-OH is 1. The van der Waals surface area contributed by atoms with Crippen LogP contribution < -0.4 is 4.74 Å². The van der Waals surface area contributed by atoms with E-state index < -0.39 is 17.9 Å². The van der Waals surface area contributed by atoms with Gasteiger partial charge < -0.3 is 9.84 Å². The molecule has 0 aliphatic carbocycles. The highest BCUT2D eigenvalue weighted by Crippen LogP contribution is 2.40. The third-order valence-corrected chi connectivity index (χ3v) is 4.18. The minimum Gasteiger partial charge on any atom is -0.420 e. The summed E-state index contributed by atoms with van der Waals surface area (Å²) in [6, 6.07) is 15.2.